The summed E-state index contributed by atoms with van der Waals surface area (Å²) in [6.45, 7) is 1.86. The molecule has 5 nitrogen and oxygen atoms in total. The van der Waals surface area contributed by atoms with Crippen molar-refractivity contribution in [3.05, 3.63) is 40.9 Å². The zero-order valence-corrected chi connectivity index (χ0v) is 15.5. The van der Waals surface area contributed by atoms with Crippen LogP contribution in [-0.2, 0) is 16.6 Å². The summed E-state index contributed by atoms with van der Waals surface area (Å²) in [7, 11) is 1.94. The number of carboxylic acid groups (broad SMARTS) is 1. The Balaban J connectivity index is 1.98. The highest BCUT2D eigenvalue weighted by atomic mass is 32.2. The van der Waals surface area contributed by atoms with E-state index in [9.17, 15) is 14.7 Å². The van der Waals surface area contributed by atoms with Crippen molar-refractivity contribution in [3.8, 4) is 0 Å². The fourth-order valence-electron chi connectivity index (χ4n) is 3.00. The van der Waals surface area contributed by atoms with E-state index in [1.54, 1.807) is 6.08 Å². The SMILES string of the molecule is CCC[C@@H](C(=O)[O-])N1C(=O)/C(=C/c2cn(C)c3ccccc23)SC1=S. The number of aliphatic carboxylic acids is 1. The first kappa shape index (κ1) is 17.7. The number of hydrogen-bond acceptors (Lipinski definition) is 5. The van der Waals surface area contributed by atoms with Crippen LogP contribution < -0.4 is 5.11 Å². The average Bonchev–Trinajstić information content (AvgIpc) is 3.03. The number of fused-ring (bicyclic) bond motifs is 1. The summed E-state index contributed by atoms with van der Waals surface area (Å²) in [6, 6.07) is 6.88. The van der Waals surface area contributed by atoms with Gasteiger partial charge in [-0.15, -0.1) is 0 Å². The highest BCUT2D eigenvalue weighted by molar-refractivity contribution is 8.26. The highest BCUT2D eigenvalue weighted by Crippen LogP contribution is 2.36. The molecule has 0 unspecified atom stereocenters. The van der Waals surface area contributed by atoms with Crippen LogP contribution in [0.2, 0.25) is 0 Å². The molecular weight excluding hydrogens is 356 g/mol. The lowest BCUT2D eigenvalue weighted by Gasteiger charge is -2.27. The molecule has 0 radical (unpaired) electrons. The van der Waals surface area contributed by atoms with E-state index in [1.165, 1.54) is 4.90 Å². The molecule has 0 bridgehead atoms. The molecule has 0 spiro atoms. The molecular formula is C18H17N2O3S2-. The van der Waals surface area contributed by atoms with Crippen molar-refractivity contribution < 1.29 is 14.7 Å². The maximum Gasteiger partial charge on any atom is 0.266 e. The first-order valence-corrected chi connectivity index (χ1v) is 9.18. The smallest absolute Gasteiger partial charge is 0.266 e. The molecule has 1 aromatic heterocycles. The molecule has 1 saturated heterocycles. The van der Waals surface area contributed by atoms with Crippen LogP contribution in [0.3, 0.4) is 0 Å². The van der Waals surface area contributed by atoms with Gasteiger partial charge in [0.1, 0.15) is 4.32 Å². The van der Waals surface area contributed by atoms with Crippen molar-refractivity contribution in [2.45, 2.75) is 25.8 Å². The number of carbonyl (C=O) groups is 2. The third-order valence-electron chi connectivity index (χ3n) is 4.18. The monoisotopic (exact) mass is 373 g/mol. The average molecular weight is 373 g/mol. The van der Waals surface area contributed by atoms with Crippen LogP contribution in [0.5, 0.6) is 0 Å². The van der Waals surface area contributed by atoms with Gasteiger partial charge >= 0.3 is 0 Å². The molecule has 1 atom stereocenters. The number of para-hydroxylation sites is 1. The second-order valence-electron chi connectivity index (χ2n) is 5.89. The van der Waals surface area contributed by atoms with Crippen LogP contribution >= 0.6 is 24.0 Å². The van der Waals surface area contributed by atoms with E-state index in [0.29, 0.717) is 17.7 Å². The largest absolute Gasteiger partial charge is 0.548 e. The van der Waals surface area contributed by atoms with Gasteiger partial charge in [0.05, 0.1) is 16.9 Å². The lowest BCUT2D eigenvalue weighted by Crippen LogP contribution is -2.49. The van der Waals surface area contributed by atoms with Gasteiger partial charge in [0.15, 0.2) is 0 Å². The number of benzene rings is 1. The van der Waals surface area contributed by atoms with E-state index in [1.807, 2.05) is 49.0 Å². The number of thiocarbonyl (C=S) groups is 1. The Bertz CT molecular complexity index is 901. The first-order valence-electron chi connectivity index (χ1n) is 7.96. The number of amides is 1. The van der Waals surface area contributed by atoms with Gasteiger partial charge < -0.3 is 14.5 Å². The fraction of sp³-hybridized carbons (Fsp3) is 0.278. The van der Waals surface area contributed by atoms with Crippen molar-refractivity contribution in [2.24, 2.45) is 7.05 Å². The van der Waals surface area contributed by atoms with Crippen LogP contribution in [0.4, 0.5) is 0 Å². The number of aryl methyl sites for hydroxylation is 1. The first-order chi connectivity index (χ1) is 11.9. The van der Waals surface area contributed by atoms with Crippen molar-refractivity contribution in [1.82, 2.24) is 9.47 Å². The van der Waals surface area contributed by atoms with Gasteiger partial charge in [0.2, 0.25) is 0 Å². The maximum atomic E-state index is 12.7. The molecule has 0 aliphatic carbocycles. The van der Waals surface area contributed by atoms with E-state index in [4.69, 9.17) is 12.2 Å². The van der Waals surface area contributed by atoms with E-state index >= 15 is 0 Å². The van der Waals surface area contributed by atoms with Gasteiger partial charge in [-0.25, -0.2) is 0 Å². The van der Waals surface area contributed by atoms with Crippen LogP contribution in [0.15, 0.2) is 35.4 Å². The normalized spacial score (nSPS) is 17.7. The minimum atomic E-state index is -1.27. The van der Waals surface area contributed by atoms with E-state index < -0.39 is 12.0 Å². The van der Waals surface area contributed by atoms with Crippen LogP contribution in [0, 0.1) is 0 Å². The molecule has 25 heavy (non-hydrogen) atoms. The number of nitrogens with zero attached hydrogens (tertiary/aromatic N) is 2. The van der Waals surface area contributed by atoms with Gasteiger partial charge in [-0.3, -0.25) is 9.69 Å². The number of thioether (sulfide) groups is 1. The number of hydrogen-bond donors (Lipinski definition) is 0. The lowest BCUT2D eigenvalue weighted by molar-refractivity contribution is -0.310. The molecule has 1 aromatic carbocycles. The number of carbonyl (C=O) groups excluding carboxylic acids is 2. The Morgan fingerprint density at radius 1 is 1.40 bits per heavy atom. The zero-order chi connectivity index (χ0) is 18.1. The van der Waals surface area contributed by atoms with Crippen LogP contribution in [-0.4, -0.2) is 31.7 Å². The summed E-state index contributed by atoms with van der Waals surface area (Å²) in [5, 5.41) is 12.4. The van der Waals surface area contributed by atoms with E-state index in [0.717, 1.165) is 28.2 Å². The maximum absolute atomic E-state index is 12.7. The van der Waals surface area contributed by atoms with Crippen LogP contribution in [0.1, 0.15) is 25.3 Å². The van der Waals surface area contributed by atoms with Gasteiger partial charge in [0.25, 0.3) is 5.91 Å². The summed E-state index contributed by atoms with van der Waals surface area (Å²) in [5.41, 5.74) is 1.96. The predicted octanol–water partition coefficient (Wildman–Crippen LogP) is 2.30. The molecule has 130 valence electrons. The Morgan fingerprint density at radius 3 is 2.80 bits per heavy atom. The Hall–Kier alpha value is -2.12. The molecule has 1 aliphatic heterocycles. The molecule has 1 amide bonds. The Labute approximate surface area is 155 Å². The summed E-state index contributed by atoms with van der Waals surface area (Å²) in [6.07, 6.45) is 4.66. The van der Waals surface area contributed by atoms with Crippen LogP contribution in [0.25, 0.3) is 17.0 Å². The van der Waals surface area contributed by atoms with E-state index in [2.05, 4.69) is 0 Å². The molecule has 1 fully saturated rings. The molecule has 0 N–H and O–H groups in total. The summed E-state index contributed by atoms with van der Waals surface area (Å²) >= 11 is 6.39. The lowest BCUT2D eigenvalue weighted by atomic mass is 10.1. The number of carboxylic acids is 1. The van der Waals surface area contributed by atoms with E-state index in [-0.39, 0.29) is 10.2 Å². The molecule has 2 heterocycles. The van der Waals surface area contributed by atoms with Crippen molar-refractivity contribution in [1.29, 1.82) is 0 Å². The summed E-state index contributed by atoms with van der Waals surface area (Å²) in [5.74, 6) is -1.64. The summed E-state index contributed by atoms with van der Waals surface area (Å²) < 4.78 is 2.25. The minimum absolute atomic E-state index is 0.263. The molecule has 2 aromatic rings. The second kappa shape index (κ2) is 7.01. The van der Waals surface area contributed by atoms with Gasteiger partial charge in [-0.2, -0.15) is 0 Å². The summed E-state index contributed by atoms with van der Waals surface area (Å²) in [4.78, 5) is 25.8. The fourth-order valence-corrected chi connectivity index (χ4v) is 4.35. The molecule has 7 heteroatoms. The zero-order valence-electron chi connectivity index (χ0n) is 13.9. The minimum Gasteiger partial charge on any atom is -0.548 e. The quantitative estimate of drug-likeness (QED) is 0.594. The Kier molecular flexibility index (Phi) is 4.96. The Morgan fingerprint density at radius 2 is 2.12 bits per heavy atom. The molecule has 1 aliphatic rings. The van der Waals surface area contributed by atoms with Gasteiger partial charge in [-0.05, 0) is 18.6 Å². The third-order valence-corrected chi connectivity index (χ3v) is 5.51. The van der Waals surface area contributed by atoms with Crippen molar-refractivity contribution >= 4 is 57.2 Å². The standard InChI is InChI=1S/C18H18N2O3S2/c1-3-6-14(17(22)23)20-16(21)15(25-18(20)24)9-11-10-19(2)13-8-5-4-7-12(11)13/h4-5,7-10,14H,3,6H2,1-2H3,(H,22,23)/p-1/b15-9-/t14-/m0/s1. The second-order valence-corrected chi connectivity index (χ2v) is 7.56. The molecule has 0 saturated carbocycles. The van der Waals surface area contributed by atoms with Gasteiger partial charge in [-0.1, -0.05) is 55.5 Å². The number of aromatic nitrogens is 1. The third kappa shape index (κ3) is 3.21. The topological polar surface area (TPSA) is 65.4 Å². The number of rotatable bonds is 5. The van der Waals surface area contributed by atoms with Crippen molar-refractivity contribution in [3.63, 3.8) is 0 Å². The highest BCUT2D eigenvalue weighted by Gasteiger charge is 2.37. The van der Waals surface area contributed by atoms with Gasteiger partial charge in [0, 0.05) is 29.7 Å². The molecule has 3 rings (SSSR count). The van der Waals surface area contributed by atoms with Crippen molar-refractivity contribution in [2.75, 3.05) is 0 Å². The predicted molar refractivity (Wildman–Crippen MR) is 102 cm³/mol.